The van der Waals surface area contributed by atoms with E-state index in [9.17, 15) is 4.79 Å². The number of nitrogens with one attached hydrogen (secondary N) is 1. The molecule has 15 heavy (non-hydrogen) atoms. The number of H-pyrrole nitrogens is 1. The summed E-state index contributed by atoms with van der Waals surface area (Å²) in [5.41, 5.74) is 1.28. The van der Waals surface area contributed by atoms with Gasteiger partial charge in [-0.15, -0.1) is 0 Å². The Balaban J connectivity index is 2.68. The third-order valence-electron chi connectivity index (χ3n) is 1.95. The van der Waals surface area contributed by atoms with Gasteiger partial charge in [0.15, 0.2) is 0 Å². The lowest BCUT2D eigenvalue weighted by atomic mass is 10.2. The van der Waals surface area contributed by atoms with Crippen molar-refractivity contribution in [2.24, 2.45) is 0 Å². The number of rotatable bonds is 1. The van der Waals surface area contributed by atoms with Gasteiger partial charge in [-0.1, -0.05) is 0 Å². The van der Waals surface area contributed by atoms with E-state index in [-0.39, 0.29) is 10.8 Å². The van der Waals surface area contributed by atoms with Crippen LogP contribution in [-0.2, 0) is 0 Å². The number of nitrogens with zero attached hydrogens (tertiary/aromatic N) is 3. The Morgan fingerprint density at radius 1 is 1.47 bits per heavy atom. The van der Waals surface area contributed by atoms with Crippen LogP contribution in [0.2, 0.25) is 5.28 Å². The predicted octanol–water partition coefficient (Wildman–Crippen LogP) is 1.19. The smallest absolute Gasteiger partial charge is 0.255 e. The third kappa shape index (κ3) is 1.87. The fourth-order valence-electron chi connectivity index (χ4n) is 1.19. The zero-order chi connectivity index (χ0) is 10.8. The van der Waals surface area contributed by atoms with Crippen molar-refractivity contribution in [2.75, 3.05) is 0 Å². The molecule has 2 aromatic heterocycles. The molecular weight excluding hydrogens is 216 g/mol. The minimum Gasteiger partial charge on any atom is -0.297 e. The molecule has 0 saturated heterocycles. The van der Waals surface area contributed by atoms with Gasteiger partial charge in [-0.05, 0) is 24.6 Å². The van der Waals surface area contributed by atoms with Crippen molar-refractivity contribution in [1.29, 1.82) is 0 Å². The van der Waals surface area contributed by atoms with Gasteiger partial charge in [-0.3, -0.25) is 9.78 Å². The molecule has 0 saturated carbocycles. The number of aromatic nitrogens is 4. The summed E-state index contributed by atoms with van der Waals surface area (Å²) < 4.78 is 0. The predicted molar refractivity (Wildman–Crippen MR) is 55.6 cm³/mol. The SMILES string of the molecule is Cc1c(-c2ccncn2)nc(Cl)[nH]c1=O. The minimum absolute atomic E-state index is 0.0548. The second-order valence-electron chi connectivity index (χ2n) is 2.92. The molecule has 1 N–H and O–H groups in total. The summed E-state index contributed by atoms with van der Waals surface area (Å²) in [6, 6.07) is 1.67. The van der Waals surface area contributed by atoms with Gasteiger partial charge in [0.25, 0.3) is 5.56 Å². The van der Waals surface area contributed by atoms with Crippen LogP contribution in [0.1, 0.15) is 5.56 Å². The normalized spacial score (nSPS) is 10.3. The number of hydrogen-bond donors (Lipinski definition) is 1. The van der Waals surface area contributed by atoms with Gasteiger partial charge in [0, 0.05) is 11.8 Å². The molecule has 6 heteroatoms. The first-order chi connectivity index (χ1) is 7.18. The average Bonchev–Trinajstić information content (AvgIpc) is 2.24. The minimum atomic E-state index is -0.261. The average molecular weight is 223 g/mol. The van der Waals surface area contributed by atoms with Gasteiger partial charge >= 0.3 is 0 Å². The second-order valence-corrected chi connectivity index (χ2v) is 3.28. The largest absolute Gasteiger partial charge is 0.297 e. The van der Waals surface area contributed by atoms with Crippen molar-refractivity contribution in [3.05, 3.63) is 39.8 Å². The van der Waals surface area contributed by atoms with Gasteiger partial charge in [-0.25, -0.2) is 15.0 Å². The van der Waals surface area contributed by atoms with Crippen LogP contribution >= 0.6 is 11.6 Å². The Labute approximate surface area is 90.2 Å². The van der Waals surface area contributed by atoms with Crippen LogP contribution in [-0.4, -0.2) is 19.9 Å². The van der Waals surface area contributed by atoms with E-state index in [1.807, 2.05) is 0 Å². The van der Waals surface area contributed by atoms with Crippen molar-refractivity contribution < 1.29 is 0 Å². The van der Waals surface area contributed by atoms with Gasteiger partial charge in [-0.2, -0.15) is 0 Å². The van der Waals surface area contributed by atoms with Crippen LogP contribution < -0.4 is 5.56 Å². The van der Waals surface area contributed by atoms with Gasteiger partial charge in [0.2, 0.25) is 5.28 Å². The van der Waals surface area contributed by atoms with E-state index in [4.69, 9.17) is 11.6 Å². The molecule has 0 amide bonds. The molecule has 0 spiro atoms. The molecule has 76 valence electrons. The number of halogens is 1. The van der Waals surface area contributed by atoms with E-state index in [0.717, 1.165) is 0 Å². The molecule has 0 radical (unpaired) electrons. The first kappa shape index (κ1) is 9.79. The molecule has 0 aliphatic carbocycles. The lowest BCUT2D eigenvalue weighted by Gasteiger charge is -2.02. The molecule has 0 aromatic carbocycles. The molecule has 0 aliphatic heterocycles. The Morgan fingerprint density at radius 3 is 2.93 bits per heavy atom. The summed E-state index contributed by atoms with van der Waals surface area (Å²) in [4.78, 5) is 25.6. The van der Waals surface area contributed by atoms with E-state index in [1.54, 1.807) is 19.2 Å². The van der Waals surface area contributed by atoms with E-state index >= 15 is 0 Å². The standard InChI is InChI=1S/C9H7ClN4O/c1-5-7(6-2-3-11-4-12-6)13-9(10)14-8(5)15/h2-4H,1H3,(H,13,14,15). The summed E-state index contributed by atoms with van der Waals surface area (Å²) in [7, 11) is 0. The molecule has 2 rings (SSSR count). The maximum Gasteiger partial charge on any atom is 0.255 e. The highest BCUT2D eigenvalue weighted by atomic mass is 35.5. The Hall–Kier alpha value is -1.75. The molecule has 2 aromatic rings. The second kappa shape index (κ2) is 3.78. The number of hydrogen-bond acceptors (Lipinski definition) is 4. The third-order valence-corrected chi connectivity index (χ3v) is 2.13. The van der Waals surface area contributed by atoms with Crippen molar-refractivity contribution in [3.63, 3.8) is 0 Å². The highest BCUT2D eigenvalue weighted by Gasteiger charge is 2.09. The van der Waals surface area contributed by atoms with Crippen molar-refractivity contribution in [3.8, 4) is 11.4 Å². The molecular formula is C9H7ClN4O. The highest BCUT2D eigenvalue weighted by molar-refractivity contribution is 6.28. The molecule has 2 heterocycles. The number of aromatic amines is 1. The fourth-order valence-corrected chi connectivity index (χ4v) is 1.36. The summed E-state index contributed by atoms with van der Waals surface area (Å²) in [5.74, 6) is 0. The molecule has 0 aliphatic rings. The summed E-state index contributed by atoms with van der Waals surface area (Å²) in [6.07, 6.45) is 2.98. The van der Waals surface area contributed by atoms with E-state index in [0.29, 0.717) is 17.0 Å². The first-order valence-electron chi connectivity index (χ1n) is 4.21. The fraction of sp³-hybridized carbons (Fsp3) is 0.111. The molecule has 0 unspecified atom stereocenters. The van der Waals surface area contributed by atoms with Crippen molar-refractivity contribution >= 4 is 11.6 Å². The highest BCUT2D eigenvalue weighted by Crippen LogP contribution is 2.15. The Morgan fingerprint density at radius 2 is 2.27 bits per heavy atom. The summed E-state index contributed by atoms with van der Waals surface area (Å²) >= 11 is 5.66. The molecule has 0 atom stereocenters. The first-order valence-corrected chi connectivity index (χ1v) is 4.59. The van der Waals surface area contributed by atoms with Crippen LogP contribution in [0.4, 0.5) is 0 Å². The van der Waals surface area contributed by atoms with Crippen LogP contribution in [0, 0.1) is 6.92 Å². The summed E-state index contributed by atoms with van der Waals surface area (Å²) in [5, 5.41) is 0.0548. The Bertz CT molecular complexity index is 538. The van der Waals surface area contributed by atoms with Crippen LogP contribution in [0.15, 0.2) is 23.4 Å². The van der Waals surface area contributed by atoms with Gasteiger partial charge < -0.3 is 0 Å². The molecule has 0 fully saturated rings. The van der Waals surface area contributed by atoms with Crippen LogP contribution in [0.25, 0.3) is 11.4 Å². The van der Waals surface area contributed by atoms with E-state index in [1.165, 1.54) is 6.33 Å². The Kier molecular flexibility index (Phi) is 2.47. The quantitative estimate of drug-likeness (QED) is 0.736. The van der Waals surface area contributed by atoms with E-state index in [2.05, 4.69) is 19.9 Å². The van der Waals surface area contributed by atoms with Crippen molar-refractivity contribution in [2.45, 2.75) is 6.92 Å². The zero-order valence-electron chi connectivity index (χ0n) is 7.86. The summed E-state index contributed by atoms with van der Waals surface area (Å²) in [6.45, 7) is 1.67. The monoisotopic (exact) mass is 222 g/mol. The van der Waals surface area contributed by atoms with Gasteiger partial charge in [0.05, 0.1) is 5.69 Å². The van der Waals surface area contributed by atoms with Gasteiger partial charge in [0.1, 0.15) is 12.0 Å². The van der Waals surface area contributed by atoms with Crippen LogP contribution in [0.5, 0.6) is 0 Å². The molecule has 0 bridgehead atoms. The van der Waals surface area contributed by atoms with Crippen molar-refractivity contribution in [1.82, 2.24) is 19.9 Å². The van der Waals surface area contributed by atoms with Crippen LogP contribution in [0.3, 0.4) is 0 Å². The zero-order valence-corrected chi connectivity index (χ0v) is 8.62. The molecule has 5 nitrogen and oxygen atoms in total. The maximum atomic E-state index is 11.4. The topological polar surface area (TPSA) is 71.5 Å². The lowest BCUT2D eigenvalue weighted by Crippen LogP contribution is -2.13. The lowest BCUT2D eigenvalue weighted by molar-refractivity contribution is 1.06. The van der Waals surface area contributed by atoms with E-state index < -0.39 is 0 Å². The maximum absolute atomic E-state index is 11.4.